The summed E-state index contributed by atoms with van der Waals surface area (Å²) in [7, 11) is 2.14. The van der Waals surface area contributed by atoms with Crippen LogP contribution in [0.2, 0.25) is 0 Å². The molecular formula is C19H26N8O. The predicted octanol–water partition coefficient (Wildman–Crippen LogP) is 0.769. The molecule has 0 spiro atoms. The van der Waals surface area contributed by atoms with Gasteiger partial charge in [0.15, 0.2) is 5.96 Å². The number of hydrogen-bond donors (Lipinski definition) is 3. The highest BCUT2D eigenvalue weighted by Gasteiger charge is 2.14. The maximum absolute atomic E-state index is 11.5. The Morgan fingerprint density at radius 3 is 2.68 bits per heavy atom. The van der Waals surface area contributed by atoms with Crippen LogP contribution in [-0.4, -0.2) is 60.1 Å². The van der Waals surface area contributed by atoms with E-state index in [1.165, 1.54) is 0 Å². The molecule has 0 radical (unpaired) electrons. The van der Waals surface area contributed by atoms with Gasteiger partial charge in [0.1, 0.15) is 0 Å². The number of rotatable bonds is 4. The highest BCUT2D eigenvalue weighted by atomic mass is 16.2. The molecule has 1 saturated heterocycles. The number of carbonyl (C=O) groups excluding carboxylic acids is 1. The second kappa shape index (κ2) is 9.14. The van der Waals surface area contributed by atoms with Crippen molar-refractivity contribution >= 4 is 17.9 Å². The molecule has 0 bridgehead atoms. The van der Waals surface area contributed by atoms with E-state index in [-0.39, 0.29) is 5.96 Å². The lowest BCUT2D eigenvalue weighted by molar-refractivity contribution is 0.249. The Morgan fingerprint density at radius 1 is 1.14 bits per heavy atom. The van der Waals surface area contributed by atoms with Crippen LogP contribution in [0.1, 0.15) is 12.0 Å². The van der Waals surface area contributed by atoms with Crippen molar-refractivity contribution in [2.45, 2.75) is 13.0 Å². The van der Waals surface area contributed by atoms with Gasteiger partial charge in [-0.2, -0.15) is 4.99 Å². The molecule has 1 aliphatic heterocycles. The number of likely N-dealkylation sites (N-methyl/N-ethyl adjacent to an activating group) is 1. The molecule has 3 rings (SSSR count). The van der Waals surface area contributed by atoms with Crippen molar-refractivity contribution in [3.8, 4) is 11.1 Å². The topological polar surface area (TPSA) is 126 Å². The first-order chi connectivity index (χ1) is 13.5. The third-order valence-electron chi connectivity index (χ3n) is 4.58. The number of benzene rings is 1. The SMILES string of the molecule is CN1CCCN(c2ncc(-c3cccc(CNC(=O)N=C(N)N)c3)cn2)CC1. The van der Waals surface area contributed by atoms with Crippen LogP contribution in [0.25, 0.3) is 11.1 Å². The largest absolute Gasteiger partial charge is 0.370 e. The summed E-state index contributed by atoms with van der Waals surface area (Å²) in [5.74, 6) is 0.499. The van der Waals surface area contributed by atoms with Crippen LogP contribution in [0.5, 0.6) is 0 Å². The lowest BCUT2D eigenvalue weighted by Gasteiger charge is -2.20. The second-order valence-corrected chi connectivity index (χ2v) is 6.81. The zero-order valence-electron chi connectivity index (χ0n) is 16.0. The molecule has 0 atom stereocenters. The summed E-state index contributed by atoms with van der Waals surface area (Å²) in [5, 5.41) is 2.64. The molecular weight excluding hydrogens is 356 g/mol. The Morgan fingerprint density at radius 2 is 1.93 bits per heavy atom. The number of urea groups is 1. The van der Waals surface area contributed by atoms with Crippen LogP contribution in [0.4, 0.5) is 10.7 Å². The first-order valence-electron chi connectivity index (χ1n) is 9.23. The maximum Gasteiger partial charge on any atom is 0.344 e. The lowest BCUT2D eigenvalue weighted by Crippen LogP contribution is -2.30. The summed E-state index contributed by atoms with van der Waals surface area (Å²) in [5.41, 5.74) is 13.2. The predicted molar refractivity (Wildman–Crippen MR) is 110 cm³/mol. The van der Waals surface area contributed by atoms with Gasteiger partial charge in [0.25, 0.3) is 0 Å². The highest BCUT2D eigenvalue weighted by molar-refractivity contribution is 5.90. The fourth-order valence-electron chi connectivity index (χ4n) is 3.08. The number of nitrogens with one attached hydrogen (secondary N) is 1. The maximum atomic E-state index is 11.5. The molecule has 2 heterocycles. The Balaban J connectivity index is 1.66. The van der Waals surface area contributed by atoms with Gasteiger partial charge in [0, 0.05) is 44.1 Å². The van der Waals surface area contributed by atoms with E-state index in [1.54, 1.807) is 0 Å². The monoisotopic (exact) mass is 382 g/mol. The highest BCUT2D eigenvalue weighted by Crippen LogP contribution is 2.21. The molecule has 0 saturated carbocycles. The van der Waals surface area contributed by atoms with Gasteiger partial charge in [-0.1, -0.05) is 18.2 Å². The minimum absolute atomic E-state index is 0.264. The minimum atomic E-state index is -0.568. The van der Waals surface area contributed by atoms with Gasteiger partial charge in [-0.3, -0.25) is 0 Å². The van der Waals surface area contributed by atoms with E-state index in [0.29, 0.717) is 6.54 Å². The van der Waals surface area contributed by atoms with Crippen molar-refractivity contribution in [1.29, 1.82) is 0 Å². The fraction of sp³-hybridized carbons (Fsp3) is 0.368. The molecule has 148 valence electrons. The van der Waals surface area contributed by atoms with E-state index < -0.39 is 6.03 Å². The van der Waals surface area contributed by atoms with Crippen LogP contribution in [-0.2, 0) is 6.54 Å². The summed E-state index contributed by atoms with van der Waals surface area (Å²) in [6.07, 6.45) is 4.79. The molecule has 9 heteroatoms. The van der Waals surface area contributed by atoms with E-state index in [2.05, 4.69) is 37.1 Å². The lowest BCUT2D eigenvalue weighted by atomic mass is 10.1. The summed E-state index contributed by atoms with van der Waals surface area (Å²) in [6, 6.07) is 7.24. The molecule has 9 nitrogen and oxygen atoms in total. The van der Waals surface area contributed by atoms with E-state index in [9.17, 15) is 4.79 Å². The third-order valence-corrected chi connectivity index (χ3v) is 4.58. The molecule has 1 fully saturated rings. The Hall–Kier alpha value is -3.20. The number of anilines is 1. The summed E-state index contributed by atoms with van der Waals surface area (Å²) >= 11 is 0. The van der Waals surface area contributed by atoms with Gasteiger partial charge < -0.3 is 26.6 Å². The molecule has 0 unspecified atom stereocenters. The average molecular weight is 382 g/mol. The van der Waals surface area contributed by atoms with E-state index in [4.69, 9.17) is 11.5 Å². The first-order valence-corrected chi connectivity index (χ1v) is 9.23. The molecule has 1 aliphatic rings. The molecule has 5 N–H and O–H groups in total. The molecule has 0 aliphatic carbocycles. The number of guanidine groups is 1. The van der Waals surface area contributed by atoms with Crippen LogP contribution in [0.3, 0.4) is 0 Å². The molecule has 1 aromatic heterocycles. The number of aliphatic imine (C=N–C) groups is 1. The number of nitrogens with zero attached hydrogens (tertiary/aromatic N) is 5. The normalized spacial score (nSPS) is 15.0. The van der Waals surface area contributed by atoms with Gasteiger partial charge in [0.05, 0.1) is 0 Å². The van der Waals surface area contributed by atoms with Crippen molar-refractivity contribution in [3.63, 3.8) is 0 Å². The Bertz CT molecular complexity index is 832. The van der Waals surface area contributed by atoms with Crippen LogP contribution in [0.15, 0.2) is 41.7 Å². The molecule has 1 aromatic carbocycles. The fourth-order valence-corrected chi connectivity index (χ4v) is 3.08. The molecule has 2 aromatic rings. The molecule has 28 heavy (non-hydrogen) atoms. The summed E-state index contributed by atoms with van der Waals surface area (Å²) < 4.78 is 0. The van der Waals surface area contributed by atoms with Gasteiger partial charge in [0.2, 0.25) is 5.95 Å². The van der Waals surface area contributed by atoms with Gasteiger partial charge in [-0.25, -0.2) is 14.8 Å². The number of hydrogen-bond acceptors (Lipinski definition) is 5. The quantitative estimate of drug-likeness (QED) is 0.527. The van der Waals surface area contributed by atoms with Crippen molar-refractivity contribution in [2.75, 3.05) is 38.1 Å². The van der Waals surface area contributed by atoms with E-state index in [0.717, 1.165) is 55.2 Å². The number of amides is 2. The van der Waals surface area contributed by atoms with Gasteiger partial charge >= 0.3 is 6.03 Å². The standard InChI is InChI=1S/C19H26N8O/c1-26-6-3-7-27(9-8-26)18-22-12-16(13-23-18)15-5-2-4-14(10-15)11-24-19(28)25-17(20)21/h2,4-5,10,12-13H,3,6-9,11H2,1H3,(H5,20,21,24,25,28). The van der Waals surface area contributed by atoms with Crippen LogP contribution >= 0.6 is 0 Å². The zero-order valence-corrected chi connectivity index (χ0v) is 16.0. The Labute approximate surface area is 164 Å². The number of carbonyl (C=O) groups is 1. The minimum Gasteiger partial charge on any atom is -0.370 e. The smallest absolute Gasteiger partial charge is 0.344 e. The van der Waals surface area contributed by atoms with E-state index >= 15 is 0 Å². The Kier molecular flexibility index (Phi) is 6.38. The van der Waals surface area contributed by atoms with Crippen LogP contribution in [0, 0.1) is 0 Å². The summed E-state index contributed by atoms with van der Waals surface area (Å²) in [6.45, 7) is 4.33. The number of nitrogens with two attached hydrogens (primary N) is 2. The average Bonchev–Trinajstić information content (AvgIpc) is 2.91. The summed E-state index contributed by atoms with van der Waals surface area (Å²) in [4.78, 5) is 28.6. The second-order valence-electron chi connectivity index (χ2n) is 6.81. The van der Waals surface area contributed by atoms with Crippen molar-refractivity contribution in [3.05, 3.63) is 42.2 Å². The van der Waals surface area contributed by atoms with Crippen molar-refractivity contribution < 1.29 is 4.79 Å². The zero-order chi connectivity index (χ0) is 19.9. The van der Waals surface area contributed by atoms with Crippen molar-refractivity contribution in [1.82, 2.24) is 20.2 Å². The third kappa shape index (κ3) is 5.40. The first kappa shape index (κ1) is 19.6. The van der Waals surface area contributed by atoms with Gasteiger partial charge in [-0.05, 0) is 37.2 Å². The number of aromatic nitrogens is 2. The van der Waals surface area contributed by atoms with E-state index in [1.807, 2.05) is 36.7 Å². The van der Waals surface area contributed by atoms with Gasteiger partial charge in [-0.15, -0.1) is 0 Å². The molecule has 2 amide bonds. The van der Waals surface area contributed by atoms with Crippen molar-refractivity contribution in [2.24, 2.45) is 16.5 Å². The van der Waals surface area contributed by atoms with Crippen LogP contribution < -0.4 is 21.7 Å².